The topological polar surface area (TPSA) is 26.3 Å². The van der Waals surface area contributed by atoms with Gasteiger partial charge in [-0.05, 0) is 11.8 Å². The van der Waals surface area contributed by atoms with Crippen molar-refractivity contribution in [1.82, 2.24) is 0 Å². The standard InChI is InChI=1S/C9H18O2S/c1-7(6-9(3,4)5)12-11-8(2)10/h7H,6H2,1-5H3. The summed E-state index contributed by atoms with van der Waals surface area (Å²) >= 11 is 1.26. The van der Waals surface area contributed by atoms with Gasteiger partial charge in [-0.2, -0.15) is 0 Å². The fourth-order valence-electron chi connectivity index (χ4n) is 1.05. The zero-order valence-electron chi connectivity index (χ0n) is 8.51. The Labute approximate surface area is 79.3 Å². The smallest absolute Gasteiger partial charge is 0.314 e. The first-order valence-corrected chi connectivity index (χ1v) is 4.95. The molecule has 0 amide bonds. The molecule has 0 radical (unpaired) electrons. The van der Waals surface area contributed by atoms with Crippen LogP contribution >= 0.6 is 12.0 Å². The van der Waals surface area contributed by atoms with E-state index >= 15 is 0 Å². The summed E-state index contributed by atoms with van der Waals surface area (Å²) in [5.74, 6) is -0.222. The number of carbonyl (C=O) groups is 1. The molecule has 0 saturated carbocycles. The second-order valence-electron chi connectivity index (χ2n) is 4.25. The van der Waals surface area contributed by atoms with Crippen molar-refractivity contribution in [3.05, 3.63) is 0 Å². The van der Waals surface area contributed by atoms with E-state index in [0.29, 0.717) is 10.7 Å². The first-order chi connectivity index (χ1) is 5.31. The molecular formula is C9H18O2S. The molecule has 12 heavy (non-hydrogen) atoms. The molecule has 0 aromatic rings. The van der Waals surface area contributed by atoms with Crippen LogP contribution in [-0.2, 0) is 8.98 Å². The average Bonchev–Trinajstić information content (AvgIpc) is 1.79. The van der Waals surface area contributed by atoms with Crippen LogP contribution in [-0.4, -0.2) is 11.2 Å². The van der Waals surface area contributed by atoms with Gasteiger partial charge in [0.05, 0.1) is 12.0 Å². The van der Waals surface area contributed by atoms with E-state index in [9.17, 15) is 4.79 Å². The molecule has 0 heterocycles. The summed E-state index contributed by atoms with van der Waals surface area (Å²) in [5, 5.41) is 0.369. The van der Waals surface area contributed by atoms with Crippen LogP contribution in [0.1, 0.15) is 41.0 Å². The molecule has 3 heteroatoms. The van der Waals surface area contributed by atoms with Crippen LogP contribution < -0.4 is 0 Å². The highest BCUT2D eigenvalue weighted by Crippen LogP contribution is 2.27. The van der Waals surface area contributed by atoms with Gasteiger partial charge in [-0.3, -0.25) is 4.79 Å². The van der Waals surface area contributed by atoms with E-state index in [1.54, 1.807) is 0 Å². The number of carbonyl (C=O) groups excluding carboxylic acids is 1. The fourth-order valence-corrected chi connectivity index (χ4v) is 1.91. The van der Waals surface area contributed by atoms with Gasteiger partial charge in [0, 0.05) is 12.2 Å². The predicted molar refractivity (Wildman–Crippen MR) is 52.9 cm³/mol. The summed E-state index contributed by atoms with van der Waals surface area (Å²) < 4.78 is 4.83. The van der Waals surface area contributed by atoms with Crippen LogP contribution in [0, 0.1) is 5.41 Å². The van der Waals surface area contributed by atoms with Crippen molar-refractivity contribution in [3.63, 3.8) is 0 Å². The van der Waals surface area contributed by atoms with Gasteiger partial charge >= 0.3 is 5.97 Å². The Bertz CT molecular complexity index is 149. The lowest BCUT2D eigenvalue weighted by Crippen LogP contribution is -2.13. The van der Waals surface area contributed by atoms with Crippen molar-refractivity contribution in [2.75, 3.05) is 0 Å². The van der Waals surface area contributed by atoms with Gasteiger partial charge in [0.25, 0.3) is 0 Å². The maximum absolute atomic E-state index is 10.5. The van der Waals surface area contributed by atoms with Crippen molar-refractivity contribution >= 4 is 18.0 Å². The van der Waals surface area contributed by atoms with E-state index in [2.05, 4.69) is 27.7 Å². The van der Waals surface area contributed by atoms with Gasteiger partial charge in [0.1, 0.15) is 0 Å². The summed E-state index contributed by atoms with van der Waals surface area (Å²) in [6, 6.07) is 0. The molecule has 0 aliphatic rings. The second-order valence-corrected chi connectivity index (χ2v) is 5.41. The van der Waals surface area contributed by atoms with Crippen molar-refractivity contribution in [3.8, 4) is 0 Å². The molecule has 0 rings (SSSR count). The van der Waals surface area contributed by atoms with Gasteiger partial charge in [-0.1, -0.05) is 27.7 Å². The van der Waals surface area contributed by atoms with E-state index < -0.39 is 0 Å². The van der Waals surface area contributed by atoms with Crippen molar-refractivity contribution in [2.45, 2.75) is 46.3 Å². The third kappa shape index (κ3) is 7.92. The Balaban J connectivity index is 3.60. The summed E-state index contributed by atoms with van der Waals surface area (Å²) in [5.41, 5.74) is 0.298. The molecule has 2 nitrogen and oxygen atoms in total. The lowest BCUT2D eigenvalue weighted by Gasteiger charge is -2.21. The first kappa shape index (κ1) is 11.8. The van der Waals surface area contributed by atoms with E-state index in [1.807, 2.05) is 0 Å². The highest BCUT2D eigenvalue weighted by atomic mass is 32.2. The zero-order valence-corrected chi connectivity index (χ0v) is 9.33. The zero-order chi connectivity index (χ0) is 9.78. The Kier molecular flexibility index (Phi) is 4.68. The molecule has 0 bridgehead atoms. The van der Waals surface area contributed by atoms with Crippen LogP contribution in [0.4, 0.5) is 0 Å². The molecule has 0 saturated heterocycles. The van der Waals surface area contributed by atoms with Crippen LogP contribution in [0.25, 0.3) is 0 Å². The Morgan fingerprint density at radius 2 is 2.00 bits per heavy atom. The average molecular weight is 190 g/mol. The molecule has 0 fully saturated rings. The largest absolute Gasteiger partial charge is 0.391 e. The van der Waals surface area contributed by atoms with Crippen molar-refractivity contribution < 1.29 is 8.98 Å². The van der Waals surface area contributed by atoms with Crippen LogP contribution in [0.3, 0.4) is 0 Å². The summed E-state index contributed by atoms with van der Waals surface area (Å²) in [6.07, 6.45) is 1.05. The minimum absolute atomic E-state index is 0.222. The number of hydrogen-bond donors (Lipinski definition) is 0. The normalized spacial score (nSPS) is 14.1. The molecule has 1 atom stereocenters. The molecule has 72 valence electrons. The predicted octanol–water partition coefficient (Wildman–Crippen LogP) is 3.02. The monoisotopic (exact) mass is 190 g/mol. The van der Waals surface area contributed by atoms with E-state index in [4.69, 9.17) is 4.18 Å². The number of hydrogen-bond acceptors (Lipinski definition) is 3. The third-order valence-corrected chi connectivity index (χ3v) is 2.06. The minimum atomic E-state index is -0.222. The quantitative estimate of drug-likeness (QED) is 0.640. The molecule has 0 spiro atoms. The molecule has 0 aliphatic carbocycles. The van der Waals surface area contributed by atoms with E-state index in [0.717, 1.165) is 6.42 Å². The van der Waals surface area contributed by atoms with E-state index in [-0.39, 0.29) is 5.97 Å². The Morgan fingerprint density at radius 3 is 2.33 bits per heavy atom. The van der Waals surface area contributed by atoms with Crippen LogP contribution in [0.15, 0.2) is 0 Å². The van der Waals surface area contributed by atoms with E-state index in [1.165, 1.54) is 19.0 Å². The second kappa shape index (κ2) is 4.75. The van der Waals surface area contributed by atoms with Crippen molar-refractivity contribution in [1.29, 1.82) is 0 Å². The van der Waals surface area contributed by atoms with Crippen LogP contribution in [0.5, 0.6) is 0 Å². The minimum Gasteiger partial charge on any atom is -0.391 e. The Morgan fingerprint density at radius 1 is 1.50 bits per heavy atom. The van der Waals surface area contributed by atoms with Gasteiger partial charge < -0.3 is 4.18 Å². The lowest BCUT2D eigenvalue weighted by molar-refractivity contribution is -0.130. The van der Waals surface area contributed by atoms with Gasteiger partial charge in [-0.25, -0.2) is 0 Å². The van der Waals surface area contributed by atoms with Gasteiger partial charge in [0.15, 0.2) is 0 Å². The van der Waals surface area contributed by atoms with Gasteiger partial charge in [-0.15, -0.1) is 0 Å². The molecule has 0 N–H and O–H groups in total. The fraction of sp³-hybridized carbons (Fsp3) is 0.889. The van der Waals surface area contributed by atoms with Crippen LogP contribution in [0.2, 0.25) is 0 Å². The maximum Gasteiger partial charge on any atom is 0.314 e. The number of rotatable bonds is 3. The molecule has 0 aromatic heterocycles. The molecule has 0 aromatic carbocycles. The Hall–Kier alpha value is -0.180. The molecule has 0 aliphatic heterocycles. The summed E-state index contributed by atoms with van der Waals surface area (Å²) in [7, 11) is 0. The SMILES string of the molecule is CC(=O)OSC(C)CC(C)(C)C. The highest BCUT2D eigenvalue weighted by molar-refractivity contribution is 7.95. The first-order valence-electron chi connectivity index (χ1n) is 4.15. The summed E-state index contributed by atoms with van der Waals surface area (Å²) in [6.45, 7) is 10.0. The summed E-state index contributed by atoms with van der Waals surface area (Å²) in [4.78, 5) is 10.5. The third-order valence-electron chi connectivity index (χ3n) is 1.23. The molecular weight excluding hydrogens is 172 g/mol. The highest BCUT2D eigenvalue weighted by Gasteiger charge is 2.16. The van der Waals surface area contributed by atoms with Crippen molar-refractivity contribution in [2.24, 2.45) is 5.41 Å². The lowest BCUT2D eigenvalue weighted by atomic mass is 9.91. The van der Waals surface area contributed by atoms with Gasteiger partial charge in [0.2, 0.25) is 0 Å². The maximum atomic E-state index is 10.5. The molecule has 1 unspecified atom stereocenters.